The van der Waals surface area contributed by atoms with Gasteiger partial charge in [0.05, 0.1) is 6.10 Å². The number of carboxylic acid groups (broad SMARTS) is 1. The van der Waals surface area contributed by atoms with Crippen LogP contribution in [0.4, 0.5) is 13.2 Å². The number of hydrogen-bond acceptors (Lipinski definition) is 3. The molecule has 0 spiro atoms. The highest BCUT2D eigenvalue weighted by Crippen LogP contribution is 2.43. The number of rotatable bonds is 6. The Morgan fingerprint density at radius 3 is 2.56 bits per heavy atom. The van der Waals surface area contributed by atoms with Gasteiger partial charge in [-0.05, 0) is 92.3 Å². The van der Waals surface area contributed by atoms with Crippen LogP contribution in [0.2, 0.25) is 0 Å². The topological polar surface area (TPSA) is 49.8 Å². The van der Waals surface area contributed by atoms with Crippen molar-refractivity contribution in [2.75, 3.05) is 13.1 Å². The van der Waals surface area contributed by atoms with Crippen molar-refractivity contribution in [2.24, 2.45) is 11.8 Å². The SMILES string of the molecule is C[C@H](c1ccc2c(C(F)(F)F)c(O[C@H]3CC[C@@H](C)CC3)ccc2c1)N1CCC[C@H](CC(=O)O)C1. The molecule has 1 saturated carbocycles. The van der Waals surface area contributed by atoms with Crippen molar-refractivity contribution in [1.82, 2.24) is 4.90 Å². The standard InChI is InChI=1S/C27H34F3NO3/c1-17-5-9-22(10-6-17)34-24-12-8-21-15-20(7-11-23(21)26(24)27(28,29)30)18(2)31-13-3-4-19(16-31)14-25(32)33/h7-8,11-12,15,17-19,22H,3-6,9-10,13-14,16H2,1-2H3,(H,32,33)/t17-,18-,19-,22+/m1/s1. The molecule has 186 valence electrons. The van der Waals surface area contributed by atoms with E-state index in [9.17, 15) is 18.0 Å². The van der Waals surface area contributed by atoms with Gasteiger partial charge in [0.1, 0.15) is 11.3 Å². The van der Waals surface area contributed by atoms with E-state index >= 15 is 0 Å². The summed E-state index contributed by atoms with van der Waals surface area (Å²) in [6.45, 7) is 5.75. The predicted molar refractivity (Wildman–Crippen MR) is 126 cm³/mol. The molecule has 7 heteroatoms. The van der Waals surface area contributed by atoms with E-state index in [1.54, 1.807) is 18.2 Å². The molecule has 2 aromatic rings. The van der Waals surface area contributed by atoms with E-state index in [-0.39, 0.29) is 35.6 Å². The van der Waals surface area contributed by atoms with Gasteiger partial charge in [0, 0.05) is 19.0 Å². The maximum absolute atomic E-state index is 14.2. The molecule has 0 bridgehead atoms. The summed E-state index contributed by atoms with van der Waals surface area (Å²) in [5.41, 5.74) is 0.244. The Morgan fingerprint density at radius 2 is 1.88 bits per heavy atom. The molecule has 1 aliphatic carbocycles. The van der Waals surface area contributed by atoms with Crippen molar-refractivity contribution >= 4 is 16.7 Å². The maximum Gasteiger partial charge on any atom is 0.420 e. The van der Waals surface area contributed by atoms with E-state index < -0.39 is 17.7 Å². The monoisotopic (exact) mass is 477 g/mol. The Labute approximate surface area is 199 Å². The molecule has 1 heterocycles. The van der Waals surface area contributed by atoms with E-state index in [2.05, 4.69) is 11.8 Å². The number of carbonyl (C=O) groups is 1. The van der Waals surface area contributed by atoms with Crippen molar-refractivity contribution in [1.29, 1.82) is 0 Å². The van der Waals surface area contributed by atoms with Gasteiger partial charge in [0.2, 0.25) is 0 Å². The lowest BCUT2D eigenvalue weighted by molar-refractivity contribution is -0.139. The zero-order valence-corrected chi connectivity index (χ0v) is 19.9. The quantitative estimate of drug-likeness (QED) is 0.484. The van der Waals surface area contributed by atoms with E-state index in [4.69, 9.17) is 9.84 Å². The van der Waals surface area contributed by atoms with Gasteiger partial charge in [0.25, 0.3) is 0 Å². The van der Waals surface area contributed by atoms with Gasteiger partial charge in [-0.25, -0.2) is 0 Å². The maximum atomic E-state index is 14.2. The fourth-order valence-corrected chi connectivity index (χ4v) is 5.58. The molecule has 0 aromatic heterocycles. The molecule has 2 fully saturated rings. The largest absolute Gasteiger partial charge is 0.490 e. The first-order valence-electron chi connectivity index (χ1n) is 12.4. The first-order chi connectivity index (χ1) is 16.1. The lowest BCUT2D eigenvalue weighted by atomic mass is 9.89. The molecule has 34 heavy (non-hydrogen) atoms. The van der Waals surface area contributed by atoms with Crippen LogP contribution in [-0.4, -0.2) is 35.2 Å². The minimum atomic E-state index is -4.51. The predicted octanol–water partition coefficient (Wildman–Crippen LogP) is 7.06. The lowest BCUT2D eigenvalue weighted by Gasteiger charge is -2.36. The number of nitrogens with zero attached hydrogens (tertiary/aromatic N) is 1. The minimum Gasteiger partial charge on any atom is -0.490 e. The summed E-state index contributed by atoms with van der Waals surface area (Å²) >= 11 is 0. The zero-order chi connectivity index (χ0) is 24.5. The highest BCUT2D eigenvalue weighted by molar-refractivity contribution is 5.89. The molecule has 4 nitrogen and oxygen atoms in total. The first kappa shape index (κ1) is 24.8. The molecule has 0 unspecified atom stereocenters. The minimum absolute atomic E-state index is 0.00418. The second kappa shape index (κ2) is 10.1. The summed E-state index contributed by atoms with van der Waals surface area (Å²) in [5.74, 6) is -0.162. The summed E-state index contributed by atoms with van der Waals surface area (Å²) in [7, 11) is 0. The van der Waals surface area contributed by atoms with E-state index in [1.807, 2.05) is 13.0 Å². The van der Waals surface area contributed by atoms with Gasteiger partial charge < -0.3 is 9.84 Å². The Hall–Kier alpha value is -2.28. The molecule has 2 atom stereocenters. The Bertz CT molecular complexity index is 1010. The van der Waals surface area contributed by atoms with Crippen LogP contribution in [0.3, 0.4) is 0 Å². The highest BCUT2D eigenvalue weighted by atomic mass is 19.4. The number of fused-ring (bicyclic) bond motifs is 1. The fourth-order valence-electron chi connectivity index (χ4n) is 5.58. The van der Waals surface area contributed by atoms with E-state index in [1.165, 1.54) is 6.07 Å². The number of piperidine rings is 1. The number of carboxylic acids is 1. The molecule has 2 aromatic carbocycles. The summed E-state index contributed by atoms with van der Waals surface area (Å²) in [6, 6.07) is 8.37. The zero-order valence-electron chi connectivity index (χ0n) is 19.9. The third-order valence-electron chi connectivity index (χ3n) is 7.59. The Morgan fingerprint density at radius 1 is 1.15 bits per heavy atom. The van der Waals surface area contributed by atoms with Crippen molar-refractivity contribution < 1.29 is 27.8 Å². The summed E-state index contributed by atoms with van der Waals surface area (Å²) < 4.78 is 48.4. The number of halogens is 3. The van der Waals surface area contributed by atoms with Crippen LogP contribution in [0.15, 0.2) is 30.3 Å². The van der Waals surface area contributed by atoms with Gasteiger partial charge in [-0.3, -0.25) is 9.69 Å². The first-order valence-corrected chi connectivity index (χ1v) is 12.4. The third kappa shape index (κ3) is 5.68. The van der Waals surface area contributed by atoms with Gasteiger partial charge >= 0.3 is 12.1 Å². The number of likely N-dealkylation sites (tertiary alicyclic amines) is 1. The Balaban J connectivity index is 1.59. The number of benzene rings is 2. The number of hydrogen-bond donors (Lipinski definition) is 1. The molecule has 1 N–H and O–H groups in total. The smallest absolute Gasteiger partial charge is 0.420 e. The van der Waals surface area contributed by atoms with E-state index in [0.717, 1.165) is 50.6 Å². The van der Waals surface area contributed by atoms with Gasteiger partial charge in [-0.2, -0.15) is 13.2 Å². The summed E-state index contributed by atoms with van der Waals surface area (Å²) in [6.07, 6.45) is 0.804. The molecule has 0 amide bonds. The fraction of sp³-hybridized carbons (Fsp3) is 0.593. The second-order valence-electron chi connectivity index (χ2n) is 10.2. The molecular formula is C27H34F3NO3. The van der Waals surface area contributed by atoms with Crippen molar-refractivity contribution in [3.8, 4) is 5.75 Å². The van der Waals surface area contributed by atoms with Crippen molar-refractivity contribution in [3.63, 3.8) is 0 Å². The lowest BCUT2D eigenvalue weighted by Crippen LogP contribution is -2.37. The summed E-state index contributed by atoms with van der Waals surface area (Å²) in [5, 5.41) is 9.84. The molecule has 2 aliphatic rings. The molecule has 1 aliphatic heterocycles. The second-order valence-corrected chi connectivity index (χ2v) is 10.2. The van der Waals surface area contributed by atoms with Crippen LogP contribution < -0.4 is 4.74 Å². The van der Waals surface area contributed by atoms with Crippen LogP contribution in [0.25, 0.3) is 10.8 Å². The Kier molecular flexibility index (Phi) is 7.41. The van der Waals surface area contributed by atoms with Crippen LogP contribution in [0, 0.1) is 11.8 Å². The average molecular weight is 478 g/mol. The van der Waals surface area contributed by atoms with Gasteiger partial charge in [0.15, 0.2) is 0 Å². The molecule has 0 radical (unpaired) electrons. The number of aliphatic carboxylic acids is 1. The van der Waals surface area contributed by atoms with Gasteiger partial charge in [-0.15, -0.1) is 0 Å². The molecule has 4 rings (SSSR count). The number of ether oxygens (including phenoxy) is 1. The average Bonchev–Trinajstić information content (AvgIpc) is 2.78. The van der Waals surface area contributed by atoms with Crippen LogP contribution in [0.1, 0.15) is 76.0 Å². The summed E-state index contributed by atoms with van der Waals surface area (Å²) in [4.78, 5) is 13.4. The van der Waals surface area contributed by atoms with Crippen molar-refractivity contribution in [3.05, 3.63) is 41.5 Å². The van der Waals surface area contributed by atoms with Crippen molar-refractivity contribution in [2.45, 2.75) is 77.1 Å². The molecule has 1 saturated heterocycles. The van der Waals surface area contributed by atoms with Gasteiger partial charge in [-0.1, -0.05) is 25.1 Å². The van der Waals surface area contributed by atoms with Crippen LogP contribution >= 0.6 is 0 Å². The van der Waals surface area contributed by atoms with Crippen LogP contribution in [0.5, 0.6) is 5.75 Å². The normalized spacial score (nSPS) is 25.3. The third-order valence-corrected chi connectivity index (χ3v) is 7.59. The van der Waals surface area contributed by atoms with E-state index in [0.29, 0.717) is 17.8 Å². The molecular weight excluding hydrogens is 443 g/mol. The number of alkyl halides is 3. The highest BCUT2D eigenvalue weighted by Gasteiger charge is 2.37. The van der Waals surface area contributed by atoms with Crippen LogP contribution in [-0.2, 0) is 11.0 Å².